The van der Waals surface area contributed by atoms with E-state index in [0.29, 0.717) is 19.4 Å². The SMILES string of the molecule is CCOC(=O)N1CCC[C@@H]1C(=O)[O-]. The van der Waals surface area contributed by atoms with Gasteiger partial charge >= 0.3 is 6.09 Å². The van der Waals surface area contributed by atoms with Crippen molar-refractivity contribution in [3.05, 3.63) is 0 Å². The third kappa shape index (κ3) is 2.11. The van der Waals surface area contributed by atoms with E-state index < -0.39 is 18.1 Å². The van der Waals surface area contributed by atoms with Crippen molar-refractivity contribution in [3.63, 3.8) is 0 Å². The predicted octanol–water partition coefficient (Wildman–Crippen LogP) is -0.643. The molecule has 0 bridgehead atoms. The van der Waals surface area contributed by atoms with Crippen LogP contribution in [0.1, 0.15) is 19.8 Å². The van der Waals surface area contributed by atoms with Gasteiger partial charge in [0, 0.05) is 6.54 Å². The third-order valence-corrected chi connectivity index (χ3v) is 2.03. The van der Waals surface area contributed by atoms with Gasteiger partial charge in [-0.15, -0.1) is 0 Å². The van der Waals surface area contributed by atoms with E-state index in [1.165, 1.54) is 4.90 Å². The number of amides is 1. The number of hydrogen-bond acceptors (Lipinski definition) is 4. The van der Waals surface area contributed by atoms with Crippen molar-refractivity contribution in [1.29, 1.82) is 0 Å². The van der Waals surface area contributed by atoms with Crippen LogP contribution in [0.3, 0.4) is 0 Å². The summed E-state index contributed by atoms with van der Waals surface area (Å²) in [5, 5.41) is 10.6. The molecule has 5 heteroatoms. The second kappa shape index (κ2) is 4.11. The van der Waals surface area contributed by atoms with Crippen molar-refractivity contribution in [2.24, 2.45) is 0 Å². The lowest BCUT2D eigenvalue weighted by atomic mass is 10.2. The van der Waals surface area contributed by atoms with Gasteiger partial charge < -0.3 is 14.6 Å². The van der Waals surface area contributed by atoms with E-state index in [0.717, 1.165) is 0 Å². The Balaban J connectivity index is 2.57. The van der Waals surface area contributed by atoms with E-state index in [4.69, 9.17) is 4.74 Å². The van der Waals surface area contributed by atoms with E-state index in [1.54, 1.807) is 6.92 Å². The van der Waals surface area contributed by atoms with Crippen LogP contribution in [0, 0.1) is 0 Å². The van der Waals surface area contributed by atoms with Gasteiger partial charge in [0.15, 0.2) is 0 Å². The maximum Gasteiger partial charge on any atom is 0.410 e. The minimum atomic E-state index is -1.20. The summed E-state index contributed by atoms with van der Waals surface area (Å²) >= 11 is 0. The van der Waals surface area contributed by atoms with Gasteiger partial charge in [-0.2, -0.15) is 0 Å². The standard InChI is InChI=1S/C8H13NO4/c1-2-13-8(12)9-5-3-4-6(9)7(10)11/h6H,2-5H2,1H3,(H,10,11)/p-1/t6-/m1/s1. The largest absolute Gasteiger partial charge is 0.548 e. The minimum Gasteiger partial charge on any atom is -0.548 e. The molecule has 1 atom stereocenters. The van der Waals surface area contributed by atoms with Crippen molar-refractivity contribution in [1.82, 2.24) is 4.90 Å². The summed E-state index contributed by atoms with van der Waals surface area (Å²) in [6.45, 7) is 2.38. The Morgan fingerprint density at radius 1 is 1.62 bits per heavy atom. The van der Waals surface area contributed by atoms with Gasteiger partial charge in [0.1, 0.15) is 0 Å². The van der Waals surface area contributed by atoms with Crippen LogP contribution in [0.5, 0.6) is 0 Å². The Morgan fingerprint density at radius 2 is 2.31 bits per heavy atom. The lowest BCUT2D eigenvalue weighted by Crippen LogP contribution is -2.47. The molecule has 1 fully saturated rings. The molecule has 0 aromatic heterocycles. The van der Waals surface area contributed by atoms with Gasteiger partial charge in [-0.1, -0.05) is 0 Å². The van der Waals surface area contributed by atoms with Crippen LogP contribution in [0.15, 0.2) is 0 Å². The second-order valence-electron chi connectivity index (χ2n) is 2.87. The number of carboxylic acid groups (broad SMARTS) is 1. The molecule has 74 valence electrons. The Hall–Kier alpha value is -1.26. The molecular formula is C8H12NO4-. The first-order valence-electron chi connectivity index (χ1n) is 4.31. The van der Waals surface area contributed by atoms with E-state index in [9.17, 15) is 14.7 Å². The smallest absolute Gasteiger partial charge is 0.410 e. The van der Waals surface area contributed by atoms with Gasteiger partial charge in [-0.3, -0.25) is 4.90 Å². The van der Waals surface area contributed by atoms with Gasteiger partial charge in [0.25, 0.3) is 0 Å². The summed E-state index contributed by atoms with van der Waals surface area (Å²) in [4.78, 5) is 22.9. The maximum absolute atomic E-state index is 11.2. The summed E-state index contributed by atoms with van der Waals surface area (Å²) < 4.78 is 4.70. The molecule has 1 aliphatic rings. The number of carboxylic acids is 1. The van der Waals surface area contributed by atoms with Crippen LogP contribution in [0.2, 0.25) is 0 Å². The number of hydrogen-bond donors (Lipinski definition) is 0. The Morgan fingerprint density at radius 3 is 2.85 bits per heavy atom. The fraction of sp³-hybridized carbons (Fsp3) is 0.750. The van der Waals surface area contributed by atoms with Crippen molar-refractivity contribution >= 4 is 12.1 Å². The zero-order valence-corrected chi connectivity index (χ0v) is 7.49. The Bertz CT molecular complexity index is 216. The zero-order valence-electron chi connectivity index (χ0n) is 7.49. The molecule has 0 aromatic carbocycles. The average molecular weight is 186 g/mol. The number of carbonyl (C=O) groups is 2. The maximum atomic E-state index is 11.2. The third-order valence-electron chi connectivity index (χ3n) is 2.03. The van der Waals surface area contributed by atoms with Gasteiger partial charge in [-0.25, -0.2) is 4.79 Å². The molecule has 0 N–H and O–H groups in total. The van der Waals surface area contributed by atoms with Gasteiger partial charge in [-0.05, 0) is 19.8 Å². The summed E-state index contributed by atoms with van der Waals surface area (Å²) in [5.41, 5.74) is 0. The van der Waals surface area contributed by atoms with Crippen LogP contribution >= 0.6 is 0 Å². The molecule has 0 aliphatic carbocycles. The first kappa shape index (κ1) is 9.83. The second-order valence-corrected chi connectivity index (χ2v) is 2.87. The molecule has 1 rings (SSSR count). The monoisotopic (exact) mass is 186 g/mol. The van der Waals surface area contributed by atoms with Crippen LogP contribution in [-0.4, -0.2) is 36.2 Å². The molecule has 0 radical (unpaired) electrons. The Labute approximate surface area is 76.3 Å². The van der Waals surface area contributed by atoms with Crippen LogP contribution < -0.4 is 5.11 Å². The van der Waals surface area contributed by atoms with Gasteiger partial charge in [0.05, 0.1) is 18.6 Å². The summed E-state index contributed by atoms with van der Waals surface area (Å²) in [6, 6.07) is -0.806. The molecule has 13 heavy (non-hydrogen) atoms. The first-order valence-corrected chi connectivity index (χ1v) is 4.31. The highest BCUT2D eigenvalue weighted by molar-refractivity contribution is 5.79. The molecule has 0 spiro atoms. The topological polar surface area (TPSA) is 69.7 Å². The number of likely N-dealkylation sites (tertiary alicyclic amines) is 1. The molecular weight excluding hydrogens is 174 g/mol. The fourth-order valence-electron chi connectivity index (χ4n) is 1.44. The quantitative estimate of drug-likeness (QED) is 0.575. The van der Waals surface area contributed by atoms with E-state index in [1.807, 2.05) is 0 Å². The molecule has 1 saturated heterocycles. The molecule has 1 heterocycles. The van der Waals surface area contributed by atoms with Crippen molar-refractivity contribution in [3.8, 4) is 0 Å². The summed E-state index contributed by atoms with van der Waals surface area (Å²) in [6.07, 6.45) is 0.590. The summed E-state index contributed by atoms with van der Waals surface area (Å²) in [5.74, 6) is -1.20. The molecule has 5 nitrogen and oxygen atoms in total. The van der Waals surface area contributed by atoms with E-state index >= 15 is 0 Å². The minimum absolute atomic E-state index is 0.259. The fourth-order valence-corrected chi connectivity index (χ4v) is 1.44. The van der Waals surface area contributed by atoms with E-state index in [2.05, 4.69) is 0 Å². The highest BCUT2D eigenvalue weighted by atomic mass is 16.6. The predicted molar refractivity (Wildman–Crippen MR) is 41.8 cm³/mol. The number of rotatable bonds is 2. The van der Waals surface area contributed by atoms with Crippen molar-refractivity contribution < 1.29 is 19.4 Å². The number of ether oxygens (including phenoxy) is 1. The number of carbonyl (C=O) groups excluding carboxylic acids is 2. The molecule has 1 aliphatic heterocycles. The summed E-state index contributed by atoms with van der Waals surface area (Å²) in [7, 11) is 0. The number of nitrogens with zero attached hydrogens (tertiary/aromatic N) is 1. The van der Waals surface area contributed by atoms with Crippen LogP contribution in [0.4, 0.5) is 4.79 Å². The number of aliphatic carboxylic acids is 1. The average Bonchev–Trinajstić information content (AvgIpc) is 2.52. The highest BCUT2D eigenvalue weighted by Gasteiger charge is 2.30. The van der Waals surface area contributed by atoms with Crippen molar-refractivity contribution in [2.75, 3.05) is 13.2 Å². The molecule has 0 unspecified atom stereocenters. The Kier molecular flexibility index (Phi) is 3.11. The van der Waals surface area contributed by atoms with Gasteiger partial charge in [0.2, 0.25) is 0 Å². The lowest BCUT2D eigenvalue weighted by molar-refractivity contribution is -0.310. The first-order chi connectivity index (χ1) is 6.16. The van der Waals surface area contributed by atoms with E-state index in [-0.39, 0.29) is 6.61 Å². The highest BCUT2D eigenvalue weighted by Crippen LogP contribution is 2.17. The zero-order chi connectivity index (χ0) is 9.84. The molecule has 0 saturated carbocycles. The lowest BCUT2D eigenvalue weighted by Gasteiger charge is -2.24. The molecule has 0 aromatic rings. The van der Waals surface area contributed by atoms with Crippen LogP contribution in [0.25, 0.3) is 0 Å². The normalized spacial score (nSPS) is 21.6. The molecule has 1 amide bonds. The van der Waals surface area contributed by atoms with Crippen LogP contribution in [-0.2, 0) is 9.53 Å². The van der Waals surface area contributed by atoms with Crippen molar-refractivity contribution in [2.45, 2.75) is 25.8 Å².